The Morgan fingerprint density at radius 2 is 1.96 bits per heavy atom. The van der Waals surface area contributed by atoms with E-state index in [-0.39, 0.29) is 24.2 Å². The molecule has 8 nitrogen and oxygen atoms in total. The third-order valence-electron chi connectivity index (χ3n) is 5.39. The van der Waals surface area contributed by atoms with Crippen molar-refractivity contribution in [1.29, 1.82) is 21.2 Å². The molecule has 0 saturated heterocycles. The van der Waals surface area contributed by atoms with Crippen LogP contribution < -0.4 is 15.8 Å². The van der Waals surface area contributed by atoms with Gasteiger partial charge in [0.2, 0.25) is 5.41 Å². The highest BCUT2D eigenvalue weighted by atomic mass is 16.5. The van der Waals surface area contributed by atoms with Crippen LogP contribution in [0.2, 0.25) is 0 Å². The number of nitrogens with zero attached hydrogens (tertiary/aromatic N) is 3. The second-order valence-corrected chi connectivity index (χ2v) is 6.87. The van der Waals surface area contributed by atoms with Crippen LogP contribution in [0.5, 0.6) is 5.75 Å². The lowest BCUT2D eigenvalue weighted by Crippen LogP contribution is -2.87. The smallest absolute Gasteiger partial charge is 0.255 e. The van der Waals surface area contributed by atoms with Gasteiger partial charge in [0.25, 0.3) is 5.91 Å². The number of nitriles is 3. The molecule has 0 aromatic heterocycles. The Kier molecular flexibility index (Phi) is 5.13. The van der Waals surface area contributed by atoms with Gasteiger partial charge in [0, 0.05) is 11.8 Å². The molecule has 1 amide bonds. The van der Waals surface area contributed by atoms with Crippen LogP contribution in [0.1, 0.15) is 11.5 Å². The van der Waals surface area contributed by atoms with E-state index >= 15 is 0 Å². The van der Waals surface area contributed by atoms with Gasteiger partial charge in [-0.25, -0.2) is 0 Å². The number of carbonyl (C=O) groups is 1. The van der Waals surface area contributed by atoms with Gasteiger partial charge < -0.3 is 21.2 Å². The number of hydrogen-bond donors (Lipinski definition) is 3. The Morgan fingerprint density at radius 3 is 2.54 bits per heavy atom. The second-order valence-electron chi connectivity index (χ2n) is 6.87. The molecule has 0 radical (unpaired) electrons. The number of amides is 1. The minimum absolute atomic E-state index is 0.163. The highest BCUT2D eigenvalue weighted by Crippen LogP contribution is 2.51. The number of fused-ring (bicyclic) bond motifs is 1. The molecule has 5 N–H and O–H groups in total. The fourth-order valence-electron chi connectivity index (χ4n) is 4.12. The van der Waals surface area contributed by atoms with Gasteiger partial charge in [-0.05, 0) is 29.3 Å². The van der Waals surface area contributed by atoms with E-state index in [1.807, 2.05) is 18.2 Å². The first-order valence-corrected chi connectivity index (χ1v) is 8.82. The van der Waals surface area contributed by atoms with E-state index in [0.717, 1.165) is 5.56 Å². The Morgan fingerprint density at radius 1 is 1.29 bits per heavy atom. The van der Waals surface area contributed by atoms with Gasteiger partial charge in [0.1, 0.15) is 5.75 Å². The highest BCUT2D eigenvalue weighted by Gasteiger charge is 2.56. The number of benzene rings is 1. The molecule has 1 unspecified atom stereocenters. The number of hydrogen-bond acceptors (Lipinski definition) is 6. The standard InChI is InChI=1S/C20H18N6O2/c21-7-14-18(12-1-3-13(4-2-12)28-9-17(24)27)15-8-26-6-5-16(15)20(10-22,11-23)19(14)25/h1-5,14-15,18,25-26H,6,8-9H2,(H2,24,27)/p+1/t14?,15-,18-/m0/s1. The van der Waals surface area contributed by atoms with Crippen molar-refractivity contribution in [3.63, 3.8) is 0 Å². The fourth-order valence-corrected chi connectivity index (χ4v) is 4.12. The lowest BCUT2D eigenvalue weighted by Gasteiger charge is -2.44. The van der Waals surface area contributed by atoms with Gasteiger partial charge in [-0.3, -0.25) is 4.79 Å². The molecular weight excluding hydrogens is 356 g/mol. The van der Waals surface area contributed by atoms with E-state index in [1.165, 1.54) is 0 Å². The van der Waals surface area contributed by atoms with E-state index < -0.39 is 17.2 Å². The summed E-state index contributed by atoms with van der Waals surface area (Å²) in [5, 5.41) is 39.8. The van der Waals surface area contributed by atoms with Gasteiger partial charge in [0.15, 0.2) is 6.61 Å². The SMILES string of the molecule is N#CC1C(=N)C(C#N)(C#N)C2=CC[NH2+]C[C@@H]2[C@H]1c1ccc(OCC(N)=O)cc1. The average Bonchev–Trinajstić information content (AvgIpc) is 2.72. The number of primary amides is 1. The molecule has 0 spiro atoms. The van der Waals surface area contributed by atoms with Crippen molar-refractivity contribution in [1.82, 2.24) is 0 Å². The quantitative estimate of drug-likeness (QED) is 0.627. The van der Waals surface area contributed by atoms with Crippen molar-refractivity contribution in [2.24, 2.45) is 23.0 Å². The van der Waals surface area contributed by atoms with Crippen LogP contribution in [0.25, 0.3) is 0 Å². The molecule has 1 aliphatic heterocycles. The van der Waals surface area contributed by atoms with Gasteiger partial charge in [-0.2, -0.15) is 15.8 Å². The molecule has 1 fully saturated rings. The fraction of sp³-hybridized carbons (Fsp3) is 0.350. The summed E-state index contributed by atoms with van der Waals surface area (Å²) in [4.78, 5) is 10.9. The Labute approximate surface area is 162 Å². The Hall–Kier alpha value is -3.67. The molecule has 1 saturated carbocycles. The topological polar surface area (TPSA) is 164 Å². The zero-order valence-corrected chi connectivity index (χ0v) is 15.1. The van der Waals surface area contributed by atoms with Crippen molar-refractivity contribution in [2.75, 3.05) is 19.7 Å². The van der Waals surface area contributed by atoms with Gasteiger partial charge in [0.05, 0.1) is 42.9 Å². The summed E-state index contributed by atoms with van der Waals surface area (Å²) >= 11 is 0. The van der Waals surface area contributed by atoms with Crippen LogP contribution in [0.15, 0.2) is 35.9 Å². The molecule has 3 rings (SSSR count). The molecule has 1 aliphatic carbocycles. The minimum Gasteiger partial charge on any atom is -0.484 e. The molecule has 1 aromatic carbocycles. The summed E-state index contributed by atoms with van der Waals surface area (Å²) in [5.74, 6) is -1.54. The van der Waals surface area contributed by atoms with Gasteiger partial charge in [-0.1, -0.05) is 12.1 Å². The summed E-state index contributed by atoms with van der Waals surface area (Å²) in [6, 6.07) is 13.1. The van der Waals surface area contributed by atoms with Crippen LogP contribution in [-0.4, -0.2) is 31.3 Å². The molecule has 8 heteroatoms. The van der Waals surface area contributed by atoms with E-state index in [9.17, 15) is 20.6 Å². The Balaban J connectivity index is 2.02. The van der Waals surface area contributed by atoms with E-state index in [0.29, 0.717) is 24.4 Å². The monoisotopic (exact) mass is 375 g/mol. The average molecular weight is 375 g/mol. The van der Waals surface area contributed by atoms with Crippen LogP contribution in [-0.2, 0) is 4.79 Å². The maximum atomic E-state index is 10.9. The largest absolute Gasteiger partial charge is 0.484 e. The number of ether oxygens (including phenoxy) is 1. The van der Waals surface area contributed by atoms with Gasteiger partial charge >= 0.3 is 0 Å². The minimum atomic E-state index is -1.68. The van der Waals surface area contributed by atoms with Crippen molar-refractivity contribution >= 4 is 11.6 Å². The number of quaternary nitrogens is 1. The maximum Gasteiger partial charge on any atom is 0.255 e. The molecule has 3 atom stereocenters. The van der Waals surface area contributed by atoms with E-state index in [1.54, 1.807) is 24.3 Å². The summed E-state index contributed by atoms with van der Waals surface area (Å²) in [5.41, 5.74) is 4.67. The molecule has 1 aromatic rings. The van der Waals surface area contributed by atoms with E-state index in [2.05, 4.69) is 11.4 Å². The zero-order chi connectivity index (χ0) is 20.3. The third-order valence-corrected chi connectivity index (χ3v) is 5.39. The van der Waals surface area contributed by atoms with Crippen LogP contribution in [0.3, 0.4) is 0 Å². The summed E-state index contributed by atoms with van der Waals surface area (Å²) < 4.78 is 5.27. The van der Waals surface area contributed by atoms with Crippen molar-refractivity contribution in [3.8, 4) is 24.0 Å². The first-order chi connectivity index (χ1) is 13.5. The summed E-state index contributed by atoms with van der Waals surface area (Å²) in [6.07, 6.45) is 1.85. The molecule has 28 heavy (non-hydrogen) atoms. The number of rotatable bonds is 4. The molecular formula is C20H19N6O2+. The highest BCUT2D eigenvalue weighted by molar-refractivity contribution is 6.01. The van der Waals surface area contributed by atoms with Crippen molar-refractivity contribution in [3.05, 3.63) is 41.5 Å². The maximum absolute atomic E-state index is 10.9. The lowest BCUT2D eigenvalue weighted by atomic mass is 9.55. The second kappa shape index (κ2) is 7.52. The first-order valence-electron chi connectivity index (χ1n) is 8.82. The predicted molar refractivity (Wildman–Crippen MR) is 97.6 cm³/mol. The lowest BCUT2D eigenvalue weighted by molar-refractivity contribution is -0.654. The molecule has 2 aliphatic rings. The normalized spacial score (nSPS) is 25.2. The third kappa shape index (κ3) is 2.99. The predicted octanol–water partition coefficient (Wildman–Crippen LogP) is -0.0394. The van der Waals surface area contributed by atoms with Gasteiger partial charge in [-0.15, -0.1) is 0 Å². The molecule has 0 bridgehead atoms. The molecule has 1 heterocycles. The van der Waals surface area contributed by atoms with Crippen molar-refractivity contribution < 1.29 is 14.8 Å². The summed E-state index contributed by atoms with van der Waals surface area (Å²) in [7, 11) is 0. The molecule has 140 valence electrons. The first kappa shape index (κ1) is 19.1. The van der Waals surface area contributed by atoms with Crippen LogP contribution in [0.4, 0.5) is 0 Å². The van der Waals surface area contributed by atoms with Crippen LogP contribution >= 0.6 is 0 Å². The summed E-state index contributed by atoms with van der Waals surface area (Å²) in [6.45, 7) is 1.03. The number of nitrogens with two attached hydrogens (primary N) is 2. The number of carbonyl (C=O) groups excluding carboxylic acids is 1. The van der Waals surface area contributed by atoms with E-state index in [4.69, 9.17) is 15.9 Å². The zero-order valence-electron chi connectivity index (χ0n) is 15.1. The van der Waals surface area contributed by atoms with Crippen LogP contribution in [0, 0.1) is 56.7 Å². The number of nitrogens with one attached hydrogen (secondary N) is 1. The Bertz CT molecular complexity index is 946. The van der Waals surface area contributed by atoms with Crippen molar-refractivity contribution in [2.45, 2.75) is 5.92 Å².